The summed E-state index contributed by atoms with van der Waals surface area (Å²) in [6.07, 6.45) is 3.13. The molecule has 0 atom stereocenters. The second kappa shape index (κ2) is 6.47. The molecule has 0 unspecified atom stereocenters. The molecule has 1 aromatic heterocycles. The number of carbonyl (C=O) groups is 2. The van der Waals surface area contributed by atoms with Gasteiger partial charge in [0.25, 0.3) is 11.8 Å². The summed E-state index contributed by atoms with van der Waals surface area (Å²) in [5, 5.41) is 10.3. The highest BCUT2D eigenvalue weighted by molar-refractivity contribution is 6.08. The Morgan fingerprint density at radius 1 is 1.12 bits per heavy atom. The highest BCUT2D eigenvalue weighted by Gasteiger charge is 2.23. The fourth-order valence-corrected chi connectivity index (χ4v) is 3.00. The maximum absolute atomic E-state index is 12.7. The van der Waals surface area contributed by atoms with Crippen molar-refractivity contribution in [3.8, 4) is 5.75 Å². The van der Waals surface area contributed by atoms with Crippen LogP contribution < -0.4 is 0 Å². The molecule has 1 saturated heterocycles. The van der Waals surface area contributed by atoms with Crippen molar-refractivity contribution in [3.05, 3.63) is 35.5 Å². The second-order valence-corrected chi connectivity index (χ2v) is 6.31. The van der Waals surface area contributed by atoms with E-state index in [0.717, 1.165) is 32.4 Å². The summed E-state index contributed by atoms with van der Waals surface area (Å²) in [6, 6.07) is 6.19. The van der Waals surface area contributed by atoms with Gasteiger partial charge in [-0.25, -0.2) is 4.98 Å². The molecule has 6 heteroatoms. The van der Waals surface area contributed by atoms with Crippen LogP contribution in [-0.2, 0) is 0 Å². The molecule has 0 saturated carbocycles. The van der Waals surface area contributed by atoms with Crippen molar-refractivity contribution in [2.24, 2.45) is 0 Å². The van der Waals surface area contributed by atoms with E-state index < -0.39 is 0 Å². The minimum absolute atomic E-state index is 0.0622. The molecule has 126 valence electrons. The van der Waals surface area contributed by atoms with Crippen molar-refractivity contribution >= 4 is 22.7 Å². The molecule has 2 aromatic rings. The van der Waals surface area contributed by atoms with Crippen LogP contribution in [0.2, 0.25) is 0 Å². The lowest BCUT2D eigenvalue weighted by Gasteiger charge is -2.26. The lowest BCUT2D eigenvalue weighted by molar-refractivity contribution is 0.0719. The normalized spacial score (nSPS) is 14.7. The number of aromatic nitrogens is 1. The van der Waals surface area contributed by atoms with Crippen molar-refractivity contribution in [1.82, 2.24) is 14.8 Å². The molecule has 24 heavy (non-hydrogen) atoms. The summed E-state index contributed by atoms with van der Waals surface area (Å²) in [5.41, 5.74) is 1.18. The Morgan fingerprint density at radius 3 is 2.50 bits per heavy atom. The van der Waals surface area contributed by atoms with Crippen LogP contribution in [0.3, 0.4) is 0 Å². The molecule has 1 aromatic carbocycles. The summed E-state index contributed by atoms with van der Waals surface area (Å²) in [4.78, 5) is 32.9. The number of likely N-dealkylation sites (tertiary alicyclic amines) is 1. The number of fused-ring (bicyclic) bond motifs is 1. The highest BCUT2D eigenvalue weighted by atomic mass is 16.3. The van der Waals surface area contributed by atoms with E-state index in [9.17, 15) is 14.7 Å². The molecule has 6 nitrogen and oxygen atoms in total. The van der Waals surface area contributed by atoms with E-state index in [4.69, 9.17) is 0 Å². The van der Waals surface area contributed by atoms with Crippen LogP contribution >= 0.6 is 0 Å². The van der Waals surface area contributed by atoms with Gasteiger partial charge in [-0.3, -0.25) is 9.59 Å². The predicted octanol–water partition coefficient (Wildman–Crippen LogP) is 2.27. The first-order chi connectivity index (χ1) is 11.5. The Hall–Kier alpha value is -2.63. The molecule has 0 bridgehead atoms. The van der Waals surface area contributed by atoms with E-state index in [-0.39, 0.29) is 23.3 Å². The first kappa shape index (κ1) is 16.2. The Balaban J connectivity index is 2.10. The van der Waals surface area contributed by atoms with Crippen molar-refractivity contribution in [2.45, 2.75) is 19.3 Å². The smallest absolute Gasteiger partial charge is 0.272 e. The van der Waals surface area contributed by atoms with Gasteiger partial charge in [0.15, 0.2) is 0 Å². The Labute approximate surface area is 140 Å². The minimum Gasteiger partial charge on any atom is -0.508 e. The molecule has 0 spiro atoms. The summed E-state index contributed by atoms with van der Waals surface area (Å²) in [5.74, 6) is -0.301. The average molecular weight is 327 g/mol. The van der Waals surface area contributed by atoms with E-state index >= 15 is 0 Å². The molecule has 2 heterocycles. The van der Waals surface area contributed by atoms with Gasteiger partial charge in [0.05, 0.1) is 11.1 Å². The third-order valence-corrected chi connectivity index (χ3v) is 4.29. The fourth-order valence-electron chi connectivity index (χ4n) is 3.00. The number of benzene rings is 1. The molecule has 1 aliphatic heterocycles. The maximum Gasteiger partial charge on any atom is 0.272 e. The zero-order chi connectivity index (χ0) is 17.3. The number of piperidine rings is 1. The van der Waals surface area contributed by atoms with Gasteiger partial charge < -0.3 is 14.9 Å². The molecule has 1 fully saturated rings. The first-order valence-corrected chi connectivity index (χ1v) is 8.12. The third-order valence-electron chi connectivity index (χ3n) is 4.29. The molecule has 2 amide bonds. The van der Waals surface area contributed by atoms with Crippen LogP contribution in [0.25, 0.3) is 10.9 Å². The van der Waals surface area contributed by atoms with Crippen LogP contribution in [0.5, 0.6) is 5.75 Å². The SMILES string of the molecule is CN(C)C(=O)c1cc(C(=O)N2CCCCC2)nc2ccc(O)cc12. The van der Waals surface area contributed by atoms with Gasteiger partial charge in [-0.2, -0.15) is 0 Å². The number of aromatic hydroxyl groups is 1. The largest absolute Gasteiger partial charge is 0.508 e. The van der Waals surface area contributed by atoms with E-state index in [1.165, 1.54) is 17.0 Å². The third kappa shape index (κ3) is 3.04. The Bertz CT molecular complexity index is 795. The number of rotatable bonds is 2. The number of amides is 2. The summed E-state index contributed by atoms with van der Waals surface area (Å²) < 4.78 is 0. The van der Waals surface area contributed by atoms with E-state index in [1.807, 2.05) is 0 Å². The summed E-state index contributed by atoms with van der Waals surface area (Å²) in [6.45, 7) is 1.45. The quantitative estimate of drug-likeness (QED) is 0.918. The van der Waals surface area contributed by atoms with Crippen LogP contribution in [-0.4, -0.2) is 58.9 Å². The number of pyridine rings is 1. The highest BCUT2D eigenvalue weighted by Crippen LogP contribution is 2.25. The number of carbonyl (C=O) groups excluding carboxylic acids is 2. The zero-order valence-electron chi connectivity index (χ0n) is 14.0. The number of phenolic OH excluding ortho intramolecular Hbond substituents is 1. The van der Waals surface area contributed by atoms with Gasteiger partial charge in [-0.15, -0.1) is 0 Å². The molecular weight excluding hydrogens is 306 g/mol. The van der Waals surface area contributed by atoms with Crippen LogP contribution in [0.15, 0.2) is 24.3 Å². The lowest BCUT2D eigenvalue weighted by Crippen LogP contribution is -2.36. The first-order valence-electron chi connectivity index (χ1n) is 8.12. The van der Waals surface area contributed by atoms with Crippen molar-refractivity contribution < 1.29 is 14.7 Å². The molecule has 0 radical (unpaired) electrons. The molecule has 1 N–H and O–H groups in total. The molecular formula is C18H21N3O3. The maximum atomic E-state index is 12.7. The number of hydrogen-bond donors (Lipinski definition) is 1. The number of phenols is 1. The molecule has 0 aliphatic carbocycles. The molecule has 1 aliphatic rings. The minimum atomic E-state index is -0.222. The lowest BCUT2D eigenvalue weighted by atomic mass is 10.0. The van der Waals surface area contributed by atoms with Crippen molar-refractivity contribution in [1.29, 1.82) is 0 Å². The predicted molar refractivity (Wildman–Crippen MR) is 91.2 cm³/mol. The fraction of sp³-hybridized carbons (Fsp3) is 0.389. The van der Waals surface area contributed by atoms with Gasteiger partial charge in [0.1, 0.15) is 11.4 Å². The van der Waals surface area contributed by atoms with Gasteiger partial charge in [0.2, 0.25) is 0 Å². The summed E-state index contributed by atoms with van der Waals surface area (Å²) >= 11 is 0. The van der Waals surface area contributed by atoms with Crippen LogP contribution in [0.4, 0.5) is 0 Å². The van der Waals surface area contributed by atoms with Crippen molar-refractivity contribution in [2.75, 3.05) is 27.2 Å². The van der Waals surface area contributed by atoms with Gasteiger partial charge in [-0.05, 0) is 43.5 Å². The topological polar surface area (TPSA) is 73.7 Å². The monoisotopic (exact) mass is 327 g/mol. The van der Waals surface area contributed by atoms with E-state index in [1.54, 1.807) is 31.1 Å². The number of nitrogens with zero attached hydrogens (tertiary/aromatic N) is 3. The van der Waals surface area contributed by atoms with Crippen LogP contribution in [0, 0.1) is 0 Å². The van der Waals surface area contributed by atoms with E-state index in [2.05, 4.69) is 4.98 Å². The zero-order valence-corrected chi connectivity index (χ0v) is 14.0. The summed E-state index contributed by atoms with van der Waals surface area (Å²) in [7, 11) is 3.31. The standard InChI is InChI=1S/C18H21N3O3/c1-20(2)17(23)14-11-16(18(24)21-8-4-3-5-9-21)19-15-7-6-12(22)10-13(14)15/h6-7,10-11,22H,3-5,8-9H2,1-2H3. The van der Waals surface area contributed by atoms with Crippen LogP contribution in [0.1, 0.15) is 40.1 Å². The number of hydrogen-bond acceptors (Lipinski definition) is 4. The Kier molecular flexibility index (Phi) is 4.38. The van der Waals surface area contributed by atoms with Crippen molar-refractivity contribution in [3.63, 3.8) is 0 Å². The average Bonchev–Trinajstić information content (AvgIpc) is 2.60. The van der Waals surface area contributed by atoms with Gasteiger partial charge >= 0.3 is 0 Å². The second-order valence-electron chi connectivity index (χ2n) is 6.31. The van der Waals surface area contributed by atoms with Gasteiger partial charge in [0, 0.05) is 32.6 Å². The molecule has 3 rings (SSSR count). The Morgan fingerprint density at radius 2 is 1.83 bits per heavy atom. The van der Waals surface area contributed by atoms with E-state index in [0.29, 0.717) is 16.5 Å². The van der Waals surface area contributed by atoms with Gasteiger partial charge in [-0.1, -0.05) is 0 Å².